The van der Waals surface area contributed by atoms with Crippen molar-refractivity contribution in [1.29, 1.82) is 0 Å². The van der Waals surface area contributed by atoms with Crippen molar-refractivity contribution < 1.29 is 69.8 Å². The maximum Gasteiger partial charge on any atom is 0.418 e. The van der Waals surface area contributed by atoms with Gasteiger partial charge in [0.15, 0.2) is 10.8 Å². The summed E-state index contributed by atoms with van der Waals surface area (Å²) in [5.74, 6) is -3.47. The van der Waals surface area contributed by atoms with Gasteiger partial charge in [-0.3, -0.25) is 28.9 Å². The van der Waals surface area contributed by atoms with Gasteiger partial charge in [-0.25, -0.2) is 19.4 Å². The normalized spacial score (nSPS) is 17.9. The number of primary amides is 1. The van der Waals surface area contributed by atoms with E-state index < -0.39 is 98.5 Å². The highest BCUT2D eigenvalue weighted by atomic mass is 32.3. The average molecular weight is 952 g/mol. The third-order valence-electron chi connectivity index (χ3n) is 9.18. The zero-order valence-corrected chi connectivity index (χ0v) is 39.2. The van der Waals surface area contributed by atoms with Crippen LogP contribution in [0, 0.1) is 5.41 Å². The van der Waals surface area contributed by atoms with E-state index in [0.29, 0.717) is 16.0 Å². The van der Waals surface area contributed by atoms with Gasteiger partial charge in [-0.05, 0) is 94.4 Å². The van der Waals surface area contributed by atoms with Crippen LogP contribution in [0.2, 0.25) is 0 Å². The first-order valence-electron chi connectivity index (χ1n) is 19.9. The summed E-state index contributed by atoms with van der Waals surface area (Å²) in [6.45, 7) is 17.3. The maximum atomic E-state index is 13.9. The lowest BCUT2D eigenvalue weighted by molar-refractivity contribution is -0.218. The number of carbonyl (C=O) groups is 6. The number of nitrogens with one attached hydrogen (secondary N) is 2. The average Bonchev–Trinajstić information content (AvgIpc) is 3.75. The number of carbonyl (C=O) groups excluding carboxylic acids is 6. The van der Waals surface area contributed by atoms with Crippen LogP contribution in [0.25, 0.3) is 10.9 Å². The van der Waals surface area contributed by atoms with E-state index in [1.54, 1.807) is 86.7 Å². The fraction of sp³-hybridized carbons (Fsp3) is 0.564. The molecule has 2 fully saturated rings. The molecule has 2 aliphatic rings. The fourth-order valence-corrected chi connectivity index (χ4v) is 7.40. The van der Waals surface area contributed by atoms with E-state index in [-0.39, 0.29) is 36.2 Å². The smallest absolute Gasteiger partial charge is 0.418 e. The van der Waals surface area contributed by atoms with E-state index in [2.05, 4.69) is 30.2 Å². The third-order valence-corrected chi connectivity index (χ3v) is 10.3. The van der Waals surface area contributed by atoms with Crippen LogP contribution in [0.4, 0.5) is 14.7 Å². The van der Waals surface area contributed by atoms with Gasteiger partial charge in [0.25, 0.3) is 17.9 Å². The van der Waals surface area contributed by atoms with Crippen LogP contribution in [0.3, 0.4) is 0 Å². The van der Waals surface area contributed by atoms with E-state index in [0.717, 1.165) is 11.3 Å². The Morgan fingerprint density at radius 3 is 2.20 bits per heavy atom. The fourth-order valence-electron chi connectivity index (χ4n) is 6.26. The van der Waals surface area contributed by atoms with Gasteiger partial charge in [0.05, 0.1) is 17.6 Å². The van der Waals surface area contributed by atoms with Crippen molar-refractivity contribution in [3.05, 3.63) is 35.5 Å². The Hall–Kier alpha value is -6.12. The molecule has 4 heterocycles. The quantitative estimate of drug-likeness (QED) is 0.0425. The molecule has 65 heavy (non-hydrogen) atoms. The molecule has 0 spiro atoms. The minimum Gasteiger partial charge on any atom is -0.489 e. The van der Waals surface area contributed by atoms with Gasteiger partial charge in [0.1, 0.15) is 46.3 Å². The maximum absolute atomic E-state index is 13.9. The molecule has 0 bridgehead atoms. The van der Waals surface area contributed by atoms with E-state index in [1.807, 2.05) is 0 Å². The number of β-lactam (4-membered cyclic amide) rings is 1. The van der Waals surface area contributed by atoms with Crippen molar-refractivity contribution in [2.45, 2.75) is 117 Å². The molecule has 2 aromatic heterocycles. The zero-order chi connectivity index (χ0) is 48.7. The first kappa shape index (κ1) is 49.9. The molecule has 0 aliphatic carbocycles. The SMILES string of the molecule is CC(C)(C)OC(=O)Nc1nc(/C(=N/O[C@@H](COc2ccc3nn(CC4(C(N)=O)CN(C(=O)OC(C)(C)C)C4)cc3c2)C(=O)OC(C)(C)C)C(=O)N[C@@H]2C(=O)N(OS(=O)(=O)O)C2(C)C)cs1. The predicted molar refractivity (Wildman–Crippen MR) is 229 cm³/mol. The Morgan fingerprint density at radius 2 is 1.63 bits per heavy atom. The number of oxime groups is 1. The summed E-state index contributed by atoms with van der Waals surface area (Å²) in [4.78, 5) is 89.3. The molecule has 5 amide bonds. The number of hydroxylamine groups is 2. The number of thiazole rings is 1. The summed E-state index contributed by atoms with van der Waals surface area (Å²) in [6.07, 6.45) is -1.41. The summed E-state index contributed by atoms with van der Waals surface area (Å²) in [5, 5.41) is 15.6. The number of rotatable bonds is 15. The van der Waals surface area contributed by atoms with E-state index in [4.69, 9.17) is 34.1 Å². The molecule has 2 aliphatic heterocycles. The van der Waals surface area contributed by atoms with Crippen LogP contribution in [0.5, 0.6) is 5.75 Å². The zero-order valence-electron chi connectivity index (χ0n) is 37.6. The van der Waals surface area contributed by atoms with Gasteiger partial charge in [-0.2, -0.15) is 18.6 Å². The molecule has 1 aromatic carbocycles. The lowest BCUT2D eigenvalue weighted by atomic mass is 9.79. The number of nitrogens with two attached hydrogens (primary N) is 1. The van der Waals surface area contributed by atoms with Gasteiger partial charge < -0.3 is 39.7 Å². The first-order valence-corrected chi connectivity index (χ1v) is 22.1. The number of aromatic nitrogens is 3. The molecule has 0 saturated carbocycles. The van der Waals surface area contributed by atoms with E-state index in [1.165, 1.54) is 28.8 Å². The second-order valence-electron chi connectivity index (χ2n) is 18.8. The summed E-state index contributed by atoms with van der Waals surface area (Å²) in [7, 11) is -5.10. The molecule has 0 unspecified atom stereocenters. The monoisotopic (exact) mass is 951 g/mol. The van der Waals surface area contributed by atoms with Crippen LogP contribution in [-0.4, -0.2) is 133 Å². The molecular formula is C39H53N9O15S2. The van der Waals surface area contributed by atoms with Gasteiger partial charge in [0.2, 0.25) is 5.91 Å². The molecule has 2 saturated heterocycles. The van der Waals surface area contributed by atoms with Crippen LogP contribution in [0.15, 0.2) is 34.9 Å². The summed E-state index contributed by atoms with van der Waals surface area (Å²) < 4.78 is 60.0. The molecule has 5 rings (SSSR count). The summed E-state index contributed by atoms with van der Waals surface area (Å²) in [5.41, 5.74) is 0.293. The Morgan fingerprint density at radius 1 is 1.00 bits per heavy atom. The molecule has 2 atom stereocenters. The molecule has 26 heteroatoms. The standard InChI is InChI=1S/C39H53N9O15S2/c1-35(2,3)59-30(51)25(16-58-22-12-13-23-21(14-22)15-47(44-23)20-39(31(40)52)18-46(19-39)34(54)61-37(7,8)9)62-45-26(24-17-64-32(41-24)43-33(53)60-36(4,5)6)28(49)42-27-29(50)48(38(27,10)11)63-65(55,56)57/h12-15,17,25,27H,16,18-20H2,1-11H3,(H2,40,52)(H,42,49)(H,41,43,53)(H,55,56,57)/b45-26-/t25-,27+/m0/s1. The minimum atomic E-state index is -5.10. The number of fused-ring (bicyclic) bond motifs is 1. The molecule has 5 N–H and O–H groups in total. The number of benzene rings is 1. The van der Waals surface area contributed by atoms with Crippen molar-refractivity contribution in [2.75, 3.05) is 25.0 Å². The van der Waals surface area contributed by atoms with Gasteiger partial charge in [-0.15, -0.1) is 15.6 Å². The van der Waals surface area contributed by atoms with Crippen LogP contribution in [0.1, 0.15) is 81.9 Å². The molecule has 356 valence electrons. The number of hydrogen-bond acceptors (Lipinski definition) is 18. The predicted octanol–water partition coefficient (Wildman–Crippen LogP) is 2.91. The molecule has 3 aromatic rings. The number of amides is 5. The highest BCUT2D eigenvalue weighted by Crippen LogP contribution is 2.35. The minimum absolute atomic E-state index is 0.0338. The van der Waals surface area contributed by atoms with Crippen molar-refractivity contribution in [1.82, 2.24) is 30.0 Å². The van der Waals surface area contributed by atoms with Crippen molar-refractivity contribution in [2.24, 2.45) is 16.3 Å². The number of likely N-dealkylation sites (tertiary alicyclic amines) is 1. The lowest BCUT2D eigenvalue weighted by Gasteiger charge is -2.50. The van der Waals surface area contributed by atoms with Gasteiger partial charge in [0, 0.05) is 30.1 Å². The Balaban J connectivity index is 1.38. The number of ether oxygens (including phenoxy) is 4. The summed E-state index contributed by atoms with van der Waals surface area (Å²) in [6, 6.07) is 3.38. The highest BCUT2D eigenvalue weighted by molar-refractivity contribution is 7.80. The molecular weight excluding hydrogens is 899 g/mol. The van der Waals surface area contributed by atoms with Gasteiger partial charge >= 0.3 is 28.6 Å². The number of hydrogen-bond donors (Lipinski definition) is 4. The van der Waals surface area contributed by atoms with E-state index in [9.17, 15) is 37.2 Å². The Bertz CT molecular complexity index is 2490. The lowest BCUT2D eigenvalue weighted by Crippen LogP contribution is -2.76. The van der Waals surface area contributed by atoms with Crippen molar-refractivity contribution in [3.8, 4) is 5.75 Å². The molecule has 24 nitrogen and oxygen atoms in total. The van der Waals surface area contributed by atoms with Crippen LogP contribution in [-0.2, 0) is 59.5 Å². The van der Waals surface area contributed by atoms with Gasteiger partial charge in [-0.1, -0.05) is 5.16 Å². The molecule has 0 radical (unpaired) electrons. The van der Waals surface area contributed by atoms with Crippen molar-refractivity contribution in [3.63, 3.8) is 0 Å². The second kappa shape index (κ2) is 18.0. The highest BCUT2D eigenvalue weighted by Gasteiger charge is 2.58. The van der Waals surface area contributed by atoms with Crippen molar-refractivity contribution >= 4 is 79.4 Å². The Kier molecular flexibility index (Phi) is 13.8. The van der Waals surface area contributed by atoms with E-state index >= 15 is 0 Å². The van der Waals surface area contributed by atoms with Crippen LogP contribution < -0.4 is 21.1 Å². The topological polar surface area (TPSA) is 312 Å². The largest absolute Gasteiger partial charge is 0.489 e. The first-order chi connectivity index (χ1) is 29.7. The number of esters is 1. The Labute approximate surface area is 377 Å². The number of nitrogens with zero attached hydrogens (tertiary/aromatic N) is 6. The van der Waals surface area contributed by atoms with Crippen LogP contribution >= 0.6 is 11.3 Å². The third kappa shape index (κ3) is 12.8. The summed E-state index contributed by atoms with van der Waals surface area (Å²) >= 11 is 0.870. The second-order valence-corrected chi connectivity index (χ2v) is 20.6. The number of anilines is 1.